The van der Waals surface area contributed by atoms with Crippen LogP contribution in [0.2, 0.25) is 0 Å². The highest BCUT2D eigenvalue weighted by atomic mass is 16.5. The van der Waals surface area contributed by atoms with Gasteiger partial charge in [-0.25, -0.2) is 4.98 Å². The third-order valence-corrected chi connectivity index (χ3v) is 3.44. The molecule has 1 aromatic carbocycles. The molecule has 0 spiro atoms. The number of hydrogen-bond acceptors (Lipinski definition) is 4. The van der Waals surface area contributed by atoms with E-state index >= 15 is 0 Å². The van der Waals surface area contributed by atoms with Crippen LogP contribution in [0.15, 0.2) is 24.3 Å². The molecule has 0 amide bonds. The van der Waals surface area contributed by atoms with Crippen molar-refractivity contribution in [3.8, 4) is 17.1 Å². The molecule has 3 N–H and O–H groups in total. The van der Waals surface area contributed by atoms with Crippen molar-refractivity contribution in [2.45, 2.75) is 38.3 Å². The molecule has 0 bridgehead atoms. The van der Waals surface area contributed by atoms with E-state index in [2.05, 4.69) is 15.2 Å². The Morgan fingerprint density at radius 3 is 2.58 bits per heavy atom. The fraction of sp³-hybridized carbons (Fsp3) is 0.429. The van der Waals surface area contributed by atoms with Gasteiger partial charge in [0.15, 0.2) is 5.82 Å². The van der Waals surface area contributed by atoms with Gasteiger partial charge in [-0.1, -0.05) is 0 Å². The number of rotatable bonds is 4. The number of aromatic amines is 1. The van der Waals surface area contributed by atoms with Crippen molar-refractivity contribution in [1.82, 2.24) is 15.2 Å². The van der Waals surface area contributed by atoms with Crippen molar-refractivity contribution in [3.63, 3.8) is 0 Å². The summed E-state index contributed by atoms with van der Waals surface area (Å²) in [5.74, 6) is 2.29. The number of ether oxygens (including phenoxy) is 1. The van der Waals surface area contributed by atoms with Crippen LogP contribution >= 0.6 is 0 Å². The molecule has 5 heteroatoms. The van der Waals surface area contributed by atoms with Gasteiger partial charge in [0, 0.05) is 5.56 Å². The Morgan fingerprint density at radius 1 is 1.21 bits per heavy atom. The number of H-pyrrole nitrogens is 1. The lowest BCUT2D eigenvalue weighted by Gasteiger charge is -2.12. The maximum atomic E-state index is 5.92. The lowest BCUT2D eigenvalue weighted by Crippen LogP contribution is -2.10. The number of nitrogens with one attached hydrogen (secondary N) is 1. The first kappa shape index (κ1) is 12.2. The summed E-state index contributed by atoms with van der Waals surface area (Å²) in [5.41, 5.74) is 6.47. The zero-order valence-corrected chi connectivity index (χ0v) is 10.8. The molecule has 3 rings (SSSR count). The van der Waals surface area contributed by atoms with Crippen LogP contribution < -0.4 is 10.5 Å². The highest BCUT2D eigenvalue weighted by Gasteiger charge is 2.16. The predicted octanol–water partition coefficient (Wildman–Crippen LogP) is 2.25. The molecule has 1 aliphatic carbocycles. The minimum absolute atomic E-state index is 0.371. The van der Waals surface area contributed by atoms with Gasteiger partial charge in [0.05, 0.1) is 12.6 Å². The Labute approximate surface area is 112 Å². The van der Waals surface area contributed by atoms with Gasteiger partial charge >= 0.3 is 0 Å². The Hall–Kier alpha value is -1.88. The van der Waals surface area contributed by atoms with E-state index in [9.17, 15) is 0 Å². The topological polar surface area (TPSA) is 76.8 Å². The van der Waals surface area contributed by atoms with Gasteiger partial charge in [-0.3, -0.25) is 5.10 Å². The quantitative estimate of drug-likeness (QED) is 0.881. The lowest BCUT2D eigenvalue weighted by molar-refractivity contribution is 0.210. The highest BCUT2D eigenvalue weighted by Crippen LogP contribution is 2.25. The van der Waals surface area contributed by atoms with Gasteiger partial charge in [0.25, 0.3) is 0 Å². The monoisotopic (exact) mass is 258 g/mol. The molecular formula is C14H18N4O. The smallest absolute Gasteiger partial charge is 0.181 e. The number of hydrogen-bond donors (Lipinski definition) is 2. The first-order valence-electron chi connectivity index (χ1n) is 6.73. The maximum Gasteiger partial charge on any atom is 0.181 e. The van der Waals surface area contributed by atoms with Crippen LogP contribution in [0, 0.1) is 0 Å². The molecule has 19 heavy (non-hydrogen) atoms. The molecule has 2 aromatic rings. The Kier molecular flexibility index (Phi) is 3.46. The molecular weight excluding hydrogens is 240 g/mol. The molecule has 100 valence electrons. The van der Waals surface area contributed by atoms with Crippen molar-refractivity contribution < 1.29 is 4.74 Å². The summed E-state index contributed by atoms with van der Waals surface area (Å²) < 4.78 is 5.92. The predicted molar refractivity (Wildman–Crippen MR) is 72.6 cm³/mol. The van der Waals surface area contributed by atoms with Crippen molar-refractivity contribution in [1.29, 1.82) is 0 Å². The van der Waals surface area contributed by atoms with Crippen LogP contribution in [0.4, 0.5) is 0 Å². The molecule has 0 saturated heterocycles. The third kappa shape index (κ3) is 2.76. The van der Waals surface area contributed by atoms with E-state index in [0.717, 1.165) is 11.3 Å². The zero-order chi connectivity index (χ0) is 13.1. The molecule has 0 atom stereocenters. The molecule has 0 unspecified atom stereocenters. The van der Waals surface area contributed by atoms with Gasteiger partial charge in [0.1, 0.15) is 11.6 Å². The highest BCUT2D eigenvalue weighted by molar-refractivity contribution is 5.55. The number of nitrogens with two attached hydrogens (primary N) is 1. The van der Waals surface area contributed by atoms with E-state index in [0.29, 0.717) is 24.3 Å². The van der Waals surface area contributed by atoms with Crippen LogP contribution in [-0.4, -0.2) is 21.3 Å². The first-order chi connectivity index (χ1) is 9.35. The minimum Gasteiger partial charge on any atom is -0.490 e. The standard InChI is InChI=1S/C14H18N4O/c15-9-13-16-14(18-17-13)10-5-7-12(8-6-10)19-11-3-1-2-4-11/h5-8,11H,1-4,9,15H2,(H,16,17,18). The second-order valence-corrected chi connectivity index (χ2v) is 4.86. The summed E-state index contributed by atoms with van der Waals surface area (Å²) in [7, 11) is 0. The van der Waals surface area contributed by atoms with Gasteiger partial charge in [-0.05, 0) is 49.9 Å². The average Bonchev–Trinajstić information content (AvgIpc) is 3.10. The fourth-order valence-corrected chi connectivity index (χ4v) is 2.40. The van der Waals surface area contributed by atoms with E-state index < -0.39 is 0 Å². The normalized spacial score (nSPS) is 15.8. The van der Waals surface area contributed by atoms with Crippen molar-refractivity contribution in [2.75, 3.05) is 0 Å². The lowest BCUT2D eigenvalue weighted by atomic mass is 10.2. The van der Waals surface area contributed by atoms with Crippen molar-refractivity contribution in [2.24, 2.45) is 5.73 Å². The minimum atomic E-state index is 0.371. The SMILES string of the molecule is NCc1nc(-c2ccc(OC3CCCC3)cc2)n[nH]1. The molecule has 0 radical (unpaired) electrons. The average molecular weight is 258 g/mol. The second-order valence-electron chi connectivity index (χ2n) is 4.86. The molecule has 1 aliphatic rings. The number of nitrogens with zero attached hydrogens (tertiary/aromatic N) is 2. The van der Waals surface area contributed by atoms with Gasteiger partial charge < -0.3 is 10.5 Å². The first-order valence-corrected chi connectivity index (χ1v) is 6.73. The molecule has 1 fully saturated rings. The van der Waals surface area contributed by atoms with Crippen molar-refractivity contribution >= 4 is 0 Å². The zero-order valence-electron chi connectivity index (χ0n) is 10.8. The second kappa shape index (κ2) is 5.40. The Balaban J connectivity index is 1.70. The summed E-state index contributed by atoms with van der Waals surface area (Å²) in [6.07, 6.45) is 5.28. The van der Waals surface area contributed by atoms with Gasteiger partial charge in [-0.2, -0.15) is 5.10 Å². The summed E-state index contributed by atoms with van der Waals surface area (Å²) in [5, 5.41) is 6.94. The number of benzene rings is 1. The van der Waals surface area contributed by atoms with Crippen molar-refractivity contribution in [3.05, 3.63) is 30.1 Å². The Morgan fingerprint density at radius 2 is 1.95 bits per heavy atom. The molecule has 1 saturated carbocycles. The maximum absolute atomic E-state index is 5.92. The Bertz CT molecular complexity index is 529. The summed E-state index contributed by atoms with van der Waals surface area (Å²) >= 11 is 0. The fourth-order valence-electron chi connectivity index (χ4n) is 2.40. The van der Waals surface area contributed by atoms with Crippen LogP contribution in [-0.2, 0) is 6.54 Å². The molecule has 5 nitrogen and oxygen atoms in total. The van der Waals surface area contributed by atoms with E-state index in [4.69, 9.17) is 10.5 Å². The van der Waals surface area contributed by atoms with Crippen LogP contribution in [0.25, 0.3) is 11.4 Å². The van der Waals surface area contributed by atoms with Gasteiger partial charge in [-0.15, -0.1) is 0 Å². The summed E-state index contributed by atoms with van der Waals surface area (Å²) in [6.45, 7) is 0.371. The van der Waals surface area contributed by atoms with Crippen LogP contribution in [0.1, 0.15) is 31.5 Å². The molecule has 0 aliphatic heterocycles. The van der Waals surface area contributed by atoms with Crippen LogP contribution in [0.5, 0.6) is 5.75 Å². The summed E-state index contributed by atoms with van der Waals surface area (Å²) in [6, 6.07) is 7.92. The van der Waals surface area contributed by atoms with E-state index in [-0.39, 0.29) is 0 Å². The largest absolute Gasteiger partial charge is 0.490 e. The van der Waals surface area contributed by atoms with Gasteiger partial charge in [0.2, 0.25) is 0 Å². The molecule has 1 aromatic heterocycles. The van der Waals surface area contributed by atoms with E-state index in [1.54, 1.807) is 0 Å². The van der Waals surface area contributed by atoms with E-state index in [1.807, 2.05) is 24.3 Å². The summed E-state index contributed by atoms with van der Waals surface area (Å²) in [4.78, 5) is 4.30. The van der Waals surface area contributed by atoms with E-state index in [1.165, 1.54) is 25.7 Å². The molecule has 1 heterocycles. The van der Waals surface area contributed by atoms with Crippen LogP contribution in [0.3, 0.4) is 0 Å². The number of aromatic nitrogens is 3. The third-order valence-electron chi connectivity index (χ3n) is 3.44.